The van der Waals surface area contributed by atoms with Crippen LogP contribution in [0.3, 0.4) is 0 Å². The molecule has 0 heterocycles. The molecular weight excluding hydrogens is 266 g/mol. The van der Waals surface area contributed by atoms with Gasteiger partial charge in [-0.25, -0.2) is 0 Å². The fourth-order valence-electron chi connectivity index (χ4n) is 1.60. The van der Waals surface area contributed by atoms with Crippen molar-refractivity contribution >= 4 is 11.6 Å². The first-order valence-electron chi connectivity index (χ1n) is 6.53. The van der Waals surface area contributed by atoms with Crippen LogP contribution in [0.4, 0.5) is 0 Å². The summed E-state index contributed by atoms with van der Waals surface area (Å²) in [5, 5.41) is 22.5. The Morgan fingerprint density at radius 3 is 2.84 bits per heavy atom. The van der Waals surface area contributed by atoms with E-state index in [0.29, 0.717) is 17.3 Å². The molecule has 1 aromatic rings. The highest BCUT2D eigenvalue weighted by Crippen LogP contribution is 2.17. The first-order valence-corrected chi connectivity index (χ1v) is 6.91. The second-order valence-electron chi connectivity index (χ2n) is 4.62. The summed E-state index contributed by atoms with van der Waals surface area (Å²) >= 11 is 5.83. The highest BCUT2D eigenvalue weighted by Gasteiger charge is 2.05. The molecule has 0 aliphatic heterocycles. The van der Waals surface area contributed by atoms with Crippen LogP contribution in [0.2, 0.25) is 5.02 Å². The van der Waals surface area contributed by atoms with Gasteiger partial charge < -0.3 is 20.3 Å². The van der Waals surface area contributed by atoms with Gasteiger partial charge in [0.05, 0.1) is 6.10 Å². The van der Waals surface area contributed by atoms with Crippen LogP contribution < -0.4 is 10.1 Å². The van der Waals surface area contributed by atoms with Crippen LogP contribution in [0, 0.1) is 0 Å². The maximum Gasteiger partial charge on any atom is 0.120 e. The van der Waals surface area contributed by atoms with Crippen LogP contribution in [0.5, 0.6) is 5.75 Å². The molecule has 108 valence electrons. The molecule has 4 nitrogen and oxygen atoms in total. The highest BCUT2D eigenvalue weighted by molar-refractivity contribution is 6.30. The summed E-state index contributed by atoms with van der Waals surface area (Å²) in [6, 6.07) is 7.09. The van der Waals surface area contributed by atoms with Gasteiger partial charge in [0.15, 0.2) is 0 Å². The quantitative estimate of drug-likeness (QED) is 0.607. The molecular formula is C14H22ClNO3. The molecule has 0 aromatic heterocycles. The van der Waals surface area contributed by atoms with Crippen LogP contribution in [-0.2, 0) is 0 Å². The minimum absolute atomic E-state index is 0.226. The second-order valence-corrected chi connectivity index (χ2v) is 5.05. The number of aliphatic hydroxyl groups is 2. The lowest BCUT2D eigenvalue weighted by atomic mass is 10.2. The SMILES string of the molecule is CC(O)CCCNCC(O)COc1cccc(Cl)c1. The molecule has 1 rings (SSSR count). The average molecular weight is 288 g/mol. The minimum atomic E-state index is -0.564. The van der Waals surface area contributed by atoms with Crippen LogP contribution in [-0.4, -0.2) is 42.1 Å². The zero-order chi connectivity index (χ0) is 14.1. The standard InChI is InChI=1S/C14H22ClNO3/c1-11(17)4-3-7-16-9-13(18)10-19-14-6-2-5-12(15)8-14/h2,5-6,8,11,13,16-18H,3-4,7,9-10H2,1H3. The van der Waals surface area contributed by atoms with Crippen molar-refractivity contribution in [3.8, 4) is 5.75 Å². The molecule has 5 heteroatoms. The topological polar surface area (TPSA) is 61.7 Å². The Morgan fingerprint density at radius 1 is 1.37 bits per heavy atom. The summed E-state index contributed by atoms with van der Waals surface area (Å²) in [5.41, 5.74) is 0. The van der Waals surface area contributed by atoms with Gasteiger partial charge in [-0.3, -0.25) is 0 Å². The predicted octanol–water partition coefficient (Wildman–Crippen LogP) is 1.83. The Balaban J connectivity index is 2.09. The Morgan fingerprint density at radius 2 is 2.16 bits per heavy atom. The Bertz CT molecular complexity index is 360. The molecule has 3 N–H and O–H groups in total. The van der Waals surface area contributed by atoms with Crippen LogP contribution in [0.25, 0.3) is 0 Å². The molecule has 1 aromatic carbocycles. The van der Waals surface area contributed by atoms with Gasteiger partial charge in [-0.1, -0.05) is 17.7 Å². The van der Waals surface area contributed by atoms with Gasteiger partial charge in [0.1, 0.15) is 18.5 Å². The van der Waals surface area contributed by atoms with E-state index in [1.165, 1.54) is 0 Å². The van der Waals surface area contributed by atoms with Crippen molar-refractivity contribution in [3.63, 3.8) is 0 Å². The summed E-state index contributed by atoms with van der Waals surface area (Å²) < 4.78 is 5.43. The van der Waals surface area contributed by atoms with Crippen molar-refractivity contribution < 1.29 is 14.9 Å². The summed E-state index contributed by atoms with van der Waals surface area (Å²) in [7, 11) is 0. The molecule has 0 radical (unpaired) electrons. The molecule has 0 aliphatic rings. The summed E-state index contributed by atoms with van der Waals surface area (Å²) in [6.07, 6.45) is 0.824. The monoisotopic (exact) mass is 287 g/mol. The van der Waals surface area contributed by atoms with Crippen molar-refractivity contribution in [3.05, 3.63) is 29.3 Å². The normalized spacial score (nSPS) is 14.1. The Labute approximate surface area is 119 Å². The largest absolute Gasteiger partial charge is 0.491 e. The van der Waals surface area contributed by atoms with Gasteiger partial charge in [-0.15, -0.1) is 0 Å². The van der Waals surface area contributed by atoms with Gasteiger partial charge in [0.2, 0.25) is 0 Å². The predicted molar refractivity (Wildman–Crippen MR) is 76.7 cm³/mol. The molecule has 0 bridgehead atoms. The van der Waals surface area contributed by atoms with E-state index in [-0.39, 0.29) is 12.7 Å². The van der Waals surface area contributed by atoms with Gasteiger partial charge in [0.25, 0.3) is 0 Å². The molecule has 0 aliphatic carbocycles. The van der Waals surface area contributed by atoms with E-state index in [2.05, 4.69) is 5.32 Å². The van der Waals surface area contributed by atoms with Crippen molar-refractivity contribution in [2.45, 2.75) is 32.0 Å². The third-order valence-corrected chi connectivity index (χ3v) is 2.83. The van der Waals surface area contributed by atoms with E-state index < -0.39 is 6.10 Å². The van der Waals surface area contributed by atoms with E-state index in [0.717, 1.165) is 19.4 Å². The summed E-state index contributed by atoms with van der Waals surface area (Å²) in [4.78, 5) is 0. The van der Waals surface area contributed by atoms with Crippen LogP contribution in [0.15, 0.2) is 24.3 Å². The van der Waals surface area contributed by atoms with Crippen molar-refractivity contribution in [1.29, 1.82) is 0 Å². The van der Waals surface area contributed by atoms with E-state index in [1.54, 1.807) is 31.2 Å². The van der Waals surface area contributed by atoms with Crippen LogP contribution in [0.1, 0.15) is 19.8 Å². The number of ether oxygens (including phenoxy) is 1. The van der Waals surface area contributed by atoms with E-state index >= 15 is 0 Å². The van der Waals surface area contributed by atoms with E-state index in [1.807, 2.05) is 0 Å². The maximum absolute atomic E-state index is 9.72. The van der Waals surface area contributed by atoms with Gasteiger partial charge in [-0.2, -0.15) is 0 Å². The number of halogens is 1. The lowest BCUT2D eigenvalue weighted by molar-refractivity contribution is 0.106. The molecule has 0 amide bonds. The first kappa shape index (κ1) is 16.2. The molecule has 0 saturated carbocycles. The smallest absolute Gasteiger partial charge is 0.120 e. The second kappa shape index (κ2) is 9.15. The molecule has 2 atom stereocenters. The minimum Gasteiger partial charge on any atom is -0.491 e. The maximum atomic E-state index is 9.72. The number of hydrogen-bond acceptors (Lipinski definition) is 4. The third-order valence-electron chi connectivity index (χ3n) is 2.59. The number of rotatable bonds is 9. The first-order chi connectivity index (χ1) is 9.08. The third kappa shape index (κ3) is 8.06. The number of benzene rings is 1. The van der Waals surface area contributed by atoms with E-state index in [9.17, 15) is 5.11 Å². The van der Waals surface area contributed by atoms with Crippen LogP contribution >= 0.6 is 11.6 Å². The van der Waals surface area contributed by atoms with Crippen molar-refractivity contribution in [1.82, 2.24) is 5.32 Å². The van der Waals surface area contributed by atoms with E-state index in [4.69, 9.17) is 21.4 Å². The lowest BCUT2D eigenvalue weighted by Gasteiger charge is -2.13. The van der Waals surface area contributed by atoms with Crippen molar-refractivity contribution in [2.24, 2.45) is 0 Å². The number of nitrogens with one attached hydrogen (secondary N) is 1. The highest BCUT2D eigenvalue weighted by atomic mass is 35.5. The van der Waals surface area contributed by atoms with Gasteiger partial charge >= 0.3 is 0 Å². The van der Waals surface area contributed by atoms with Gasteiger partial charge in [-0.05, 0) is 44.5 Å². The molecule has 0 spiro atoms. The zero-order valence-electron chi connectivity index (χ0n) is 11.2. The Hall–Kier alpha value is -0.810. The summed E-state index contributed by atoms with van der Waals surface area (Å²) in [6.45, 7) is 3.25. The number of hydrogen-bond donors (Lipinski definition) is 3. The fourth-order valence-corrected chi connectivity index (χ4v) is 1.78. The molecule has 0 fully saturated rings. The lowest BCUT2D eigenvalue weighted by Crippen LogP contribution is -2.32. The Kier molecular flexibility index (Phi) is 7.82. The molecule has 19 heavy (non-hydrogen) atoms. The zero-order valence-corrected chi connectivity index (χ0v) is 11.9. The molecule has 2 unspecified atom stereocenters. The van der Waals surface area contributed by atoms with Crippen molar-refractivity contribution in [2.75, 3.05) is 19.7 Å². The summed E-state index contributed by atoms with van der Waals surface area (Å²) in [5.74, 6) is 0.653. The van der Waals surface area contributed by atoms with Gasteiger partial charge in [0, 0.05) is 11.6 Å². The molecule has 0 saturated heterocycles. The number of aliphatic hydroxyl groups excluding tert-OH is 2. The fraction of sp³-hybridized carbons (Fsp3) is 0.571. The average Bonchev–Trinajstić information content (AvgIpc) is 2.35.